The topological polar surface area (TPSA) is 86.8 Å². The van der Waals surface area contributed by atoms with E-state index in [0.29, 0.717) is 5.69 Å². The van der Waals surface area contributed by atoms with Crippen molar-refractivity contribution in [2.75, 3.05) is 10.8 Å². The highest BCUT2D eigenvalue weighted by molar-refractivity contribution is 9.10. The molecule has 0 unspecified atom stereocenters. The fraction of sp³-hybridized carbons (Fsp3) is 0.257. The third-order valence-corrected chi connectivity index (χ3v) is 9.92. The lowest BCUT2D eigenvalue weighted by Gasteiger charge is -2.34. The normalized spacial score (nSPS) is 12.6. The van der Waals surface area contributed by atoms with Crippen LogP contribution < -0.4 is 9.62 Å². The van der Waals surface area contributed by atoms with Gasteiger partial charge in [0.15, 0.2) is 0 Å². The lowest BCUT2D eigenvalue weighted by Crippen LogP contribution is -2.54. The van der Waals surface area contributed by atoms with Crippen molar-refractivity contribution in [1.29, 1.82) is 0 Å². The average molecular weight is 677 g/mol. The van der Waals surface area contributed by atoms with Gasteiger partial charge < -0.3 is 10.2 Å². The summed E-state index contributed by atoms with van der Waals surface area (Å²) >= 11 is 3.41. The van der Waals surface area contributed by atoms with Gasteiger partial charge in [0.1, 0.15) is 12.6 Å². The Kier molecular flexibility index (Phi) is 11.4. The first kappa shape index (κ1) is 33.0. The number of sulfonamides is 1. The molecule has 44 heavy (non-hydrogen) atoms. The molecular formula is C35H38BrN3O4S. The molecule has 0 heterocycles. The maximum atomic E-state index is 14.5. The first-order chi connectivity index (χ1) is 21.1. The molecular weight excluding hydrogens is 638 g/mol. The van der Waals surface area contributed by atoms with Crippen LogP contribution in [0.1, 0.15) is 37.0 Å². The first-order valence-electron chi connectivity index (χ1n) is 14.6. The molecule has 2 amide bonds. The van der Waals surface area contributed by atoms with Crippen LogP contribution in [0, 0.1) is 6.92 Å². The summed E-state index contributed by atoms with van der Waals surface area (Å²) in [7, 11) is -4.13. The number of hydrogen-bond acceptors (Lipinski definition) is 4. The Morgan fingerprint density at radius 3 is 2.05 bits per heavy atom. The molecule has 9 heteroatoms. The fourth-order valence-electron chi connectivity index (χ4n) is 4.82. The summed E-state index contributed by atoms with van der Waals surface area (Å²) < 4.78 is 30.0. The van der Waals surface area contributed by atoms with Crippen LogP contribution in [0.15, 0.2) is 119 Å². The van der Waals surface area contributed by atoms with Crippen molar-refractivity contribution in [2.45, 2.75) is 57.1 Å². The van der Waals surface area contributed by atoms with E-state index < -0.39 is 28.5 Å². The number of nitrogens with one attached hydrogen (secondary N) is 1. The standard InChI is InChI=1S/C35H38BrN3O4S/c1-4-27(3)37-35(41)33(23-28-14-7-5-8-15-28)38(24-29-16-12-11-13-26(29)2)34(40)25-39(31-21-19-30(36)20-22-31)44(42,43)32-17-9-6-10-18-32/h5-22,27,33H,4,23-25H2,1-3H3,(H,37,41)/t27-,33+/m0/s1. The van der Waals surface area contributed by atoms with Crippen molar-refractivity contribution in [3.63, 3.8) is 0 Å². The minimum Gasteiger partial charge on any atom is -0.352 e. The van der Waals surface area contributed by atoms with E-state index >= 15 is 0 Å². The molecule has 0 aliphatic carbocycles. The quantitative estimate of drug-likeness (QED) is 0.175. The van der Waals surface area contributed by atoms with Gasteiger partial charge in [0.2, 0.25) is 11.8 Å². The third kappa shape index (κ3) is 8.36. The van der Waals surface area contributed by atoms with E-state index in [0.717, 1.165) is 31.9 Å². The molecule has 0 aliphatic rings. The number of carbonyl (C=O) groups excluding carboxylic acids is 2. The lowest BCUT2D eigenvalue weighted by atomic mass is 10.0. The summed E-state index contributed by atoms with van der Waals surface area (Å²) in [4.78, 5) is 30.0. The van der Waals surface area contributed by atoms with Gasteiger partial charge >= 0.3 is 0 Å². The molecule has 1 N–H and O–H groups in total. The molecule has 0 radical (unpaired) electrons. The number of rotatable bonds is 13. The number of anilines is 1. The molecule has 0 bridgehead atoms. The van der Waals surface area contributed by atoms with Crippen LogP contribution in [-0.4, -0.2) is 43.8 Å². The second kappa shape index (κ2) is 15.2. The molecule has 4 rings (SSSR count). The molecule has 0 saturated carbocycles. The zero-order valence-electron chi connectivity index (χ0n) is 25.2. The molecule has 0 aliphatic heterocycles. The number of carbonyl (C=O) groups is 2. The monoisotopic (exact) mass is 675 g/mol. The van der Waals surface area contributed by atoms with Gasteiger partial charge in [-0.3, -0.25) is 13.9 Å². The molecule has 0 aromatic heterocycles. The number of hydrogen-bond donors (Lipinski definition) is 1. The molecule has 0 spiro atoms. The Hall–Kier alpha value is -3.95. The van der Waals surface area contributed by atoms with Crippen LogP contribution in [0.2, 0.25) is 0 Å². The number of halogens is 1. The summed E-state index contributed by atoms with van der Waals surface area (Å²) in [6.45, 7) is 5.51. The van der Waals surface area contributed by atoms with Gasteiger partial charge in [0.25, 0.3) is 10.0 Å². The van der Waals surface area contributed by atoms with Gasteiger partial charge in [-0.05, 0) is 73.4 Å². The van der Waals surface area contributed by atoms with E-state index in [4.69, 9.17) is 0 Å². The summed E-state index contributed by atoms with van der Waals surface area (Å²) in [5.41, 5.74) is 3.06. The fourth-order valence-corrected chi connectivity index (χ4v) is 6.52. The van der Waals surface area contributed by atoms with Gasteiger partial charge in [-0.1, -0.05) is 95.7 Å². The Balaban J connectivity index is 1.80. The van der Waals surface area contributed by atoms with E-state index in [1.54, 1.807) is 42.5 Å². The SMILES string of the molecule is CC[C@H](C)NC(=O)[C@@H](Cc1ccccc1)N(Cc1ccccc1C)C(=O)CN(c1ccc(Br)cc1)S(=O)(=O)c1ccccc1. The van der Waals surface area contributed by atoms with Gasteiger partial charge in [-0.2, -0.15) is 0 Å². The second-order valence-corrected chi connectivity index (χ2v) is 13.6. The molecule has 230 valence electrons. The van der Waals surface area contributed by atoms with Crippen molar-refractivity contribution in [1.82, 2.24) is 10.2 Å². The van der Waals surface area contributed by atoms with Crippen LogP contribution in [-0.2, 0) is 32.6 Å². The van der Waals surface area contributed by atoms with E-state index in [2.05, 4.69) is 21.2 Å². The summed E-state index contributed by atoms with van der Waals surface area (Å²) in [5, 5.41) is 3.06. The highest BCUT2D eigenvalue weighted by Crippen LogP contribution is 2.26. The van der Waals surface area contributed by atoms with Crippen LogP contribution in [0.4, 0.5) is 5.69 Å². The summed E-state index contributed by atoms with van der Waals surface area (Å²) in [5.74, 6) is -0.776. The Morgan fingerprint density at radius 2 is 1.43 bits per heavy atom. The lowest BCUT2D eigenvalue weighted by molar-refractivity contribution is -0.140. The third-order valence-electron chi connectivity index (χ3n) is 7.60. The Labute approximate surface area is 269 Å². The van der Waals surface area contributed by atoms with Crippen molar-refractivity contribution < 1.29 is 18.0 Å². The molecule has 4 aromatic rings. The highest BCUT2D eigenvalue weighted by Gasteiger charge is 2.35. The maximum Gasteiger partial charge on any atom is 0.264 e. The van der Waals surface area contributed by atoms with Gasteiger partial charge in [0.05, 0.1) is 10.6 Å². The number of amides is 2. The number of nitrogens with zero attached hydrogens (tertiary/aromatic N) is 2. The highest BCUT2D eigenvalue weighted by atomic mass is 79.9. The minimum atomic E-state index is -4.13. The molecule has 2 atom stereocenters. The Morgan fingerprint density at radius 1 is 0.841 bits per heavy atom. The van der Waals surface area contributed by atoms with Crippen LogP contribution in [0.3, 0.4) is 0 Å². The van der Waals surface area contributed by atoms with E-state index in [1.807, 2.05) is 75.4 Å². The van der Waals surface area contributed by atoms with Crippen molar-refractivity contribution >= 4 is 43.5 Å². The minimum absolute atomic E-state index is 0.0662. The molecule has 4 aromatic carbocycles. The van der Waals surface area contributed by atoms with Crippen LogP contribution in [0.5, 0.6) is 0 Å². The predicted molar refractivity (Wildman–Crippen MR) is 179 cm³/mol. The van der Waals surface area contributed by atoms with E-state index in [1.165, 1.54) is 17.0 Å². The van der Waals surface area contributed by atoms with Gasteiger partial charge in [-0.15, -0.1) is 0 Å². The molecule has 7 nitrogen and oxygen atoms in total. The van der Waals surface area contributed by atoms with Crippen molar-refractivity contribution in [3.05, 3.63) is 130 Å². The largest absolute Gasteiger partial charge is 0.352 e. The summed E-state index contributed by atoms with van der Waals surface area (Å²) in [6, 6.07) is 31.1. The van der Waals surface area contributed by atoms with Crippen molar-refractivity contribution in [3.8, 4) is 0 Å². The maximum absolute atomic E-state index is 14.5. The molecule has 0 saturated heterocycles. The average Bonchev–Trinajstić information content (AvgIpc) is 3.03. The van der Waals surface area contributed by atoms with Gasteiger partial charge in [0, 0.05) is 23.5 Å². The van der Waals surface area contributed by atoms with Gasteiger partial charge in [-0.25, -0.2) is 8.42 Å². The zero-order valence-corrected chi connectivity index (χ0v) is 27.6. The number of aryl methyl sites for hydroxylation is 1. The van der Waals surface area contributed by atoms with E-state index in [-0.39, 0.29) is 29.8 Å². The van der Waals surface area contributed by atoms with E-state index in [9.17, 15) is 18.0 Å². The predicted octanol–water partition coefficient (Wildman–Crippen LogP) is 6.51. The first-order valence-corrected chi connectivity index (χ1v) is 16.8. The smallest absolute Gasteiger partial charge is 0.264 e. The van der Waals surface area contributed by atoms with Crippen LogP contribution >= 0.6 is 15.9 Å². The zero-order chi connectivity index (χ0) is 31.7. The van der Waals surface area contributed by atoms with Crippen LogP contribution in [0.25, 0.3) is 0 Å². The Bertz CT molecular complexity index is 1650. The molecule has 0 fully saturated rings. The van der Waals surface area contributed by atoms with Crippen molar-refractivity contribution in [2.24, 2.45) is 0 Å². The number of benzene rings is 4. The second-order valence-electron chi connectivity index (χ2n) is 10.8. The summed E-state index contributed by atoms with van der Waals surface area (Å²) in [6.07, 6.45) is 0.993.